The van der Waals surface area contributed by atoms with Crippen LogP contribution in [0.15, 0.2) is 66.9 Å². The van der Waals surface area contributed by atoms with E-state index in [-0.39, 0.29) is 0 Å². The number of aromatic nitrogens is 1. The summed E-state index contributed by atoms with van der Waals surface area (Å²) in [6.07, 6.45) is 5.65. The van der Waals surface area contributed by atoms with Crippen molar-refractivity contribution in [2.75, 3.05) is 6.54 Å². The van der Waals surface area contributed by atoms with Gasteiger partial charge in [-0.05, 0) is 43.0 Å². The highest BCUT2D eigenvalue weighted by Gasteiger charge is 2.25. The summed E-state index contributed by atoms with van der Waals surface area (Å²) in [7, 11) is 0. The lowest BCUT2D eigenvalue weighted by atomic mass is 10.0. The molecule has 1 aliphatic rings. The van der Waals surface area contributed by atoms with Crippen molar-refractivity contribution in [3.63, 3.8) is 0 Å². The fourth-order valence-corrected chi connectivity index (χ4v) is 3.73. The van der Waals surface area contributed by atoms with E-state index in [0.717, 1.165) is 18.5 Å². The van der Waals surface area contributed by atoms with E-state index in [2.05, 4.69) is 64.5 Å². The van der Waals surface area contributed by atoms with Gasteiger partial charge in [0.25, 0.3) is 0 Å². The smallest absolute Gasteiger partial charge is 0.0746 e. The van der Waals surface area contributed by atoms with E-state index in [4.69, 9.17) is 0 Å². The van der Waals surface area contributed by atoms with E-state index >= 15 is 0 Å². The maximum absolute atomic E-state index is 4.61. The van der Waals surface area contributed by atoms with Gasteiger partial charge >= 0.3 is 0 Å². The second-order valence-corrected chi connectivity index (χ2v) is 6.45. The molecule has 2 heterocycles. The molecule has 116 valence electrons. The molecule has 2 heteroatoms. The number of nitrogens with zero attached hydrogens (tertiary/aromatic N) is 2. The van der Waals surface area contributed by atoms with Crippen molar-refractivity contribution in [2.24, 2.45) is 0 Å². The fourth-order valence-electron chi connectivity index (χ4n) is 3.73. The van der Waals surface area contributed by atoms with Crippen molar-refractivity contribution < 1.29 is 0 Å². The van der Waals surface area contributed by atoms with Crippen LogP contribution in [0.25, 0.3) is 10.9 Å². The summed E-state index contributed by atoms with van der Waals surface area (Å²) in [6, 6.07) is 22.2. The van der Waals surface area contributed by atoms with Gasteiger partial charge in [0.05, 0.1) is 5.52 Å². The first kappa shape index (κ1) is 14.4. The van der Waals surface area contributed by atoms with Crippen molar-refractivity contribution in [3.05, 3.63) is 78.0 Å². The second kappa shape index (κ2) is 6.51. The largest absolute Gasteiger partial charge is 0.296 e. The van der Waals surface area contributed by atoms with Crippen LogP contribution in [0, 0.1) is 0 Å². The van der Waals surface area contributed by atoms with Gasteiger partial charge in [0, 0.05) is 24.2 Å². The normalized spacial score (nSPS) is 18.5. The Hall–Kier alpha value is -2.19. The summed E-state index contributed by atoms with van der Waals surface area (Å²) in [4.78, 5) is 7.24. The van der Waals surface area contributed by atoms with E-state index in [1.165, 1.54) is 35.9 Å². The number of benzene rings is 2. The average molecular weight is 302 g/mol. The molecule has 2 nitrogen and oxygen atoms in total. The van der Waals surface area contributed by atoms with Crippen molar-refractivity contribution >= 4 is 10.9 Å². The standard InChI is InChI=1S/C21H22N2/c1-2-7-17(8-3-1)15-20-12-6-14-23(20)16-19-10-4-9-18-11-5-13-22-21(18)19/h1-5,7-11,13,20H,6,12,14-16H2. The van der Waals surface area contributed by atoms with Crippen LogP contribution < -0.4 is 0 Å². The molecule has 0 aliphatic carbocycles. The summed E-state index contributed by atoms with van der Waals surface area (Å²) in [5.74, 6) is 0. The third kappa shape index (κ3) is 3.13. The number of hydrogen-bond acceptors (Lipinski definition) is 2. The predicted octanol–water partition coefficient (Wildman–Crippen LogP) is 4.44. The first-order valence-electron chi connectivity index (χ1n) is 8.51. The van der Waals surface area contributed by atoms with Gasteiger partial charge in [0.2, 0.25) is 0 Å². The van der Waals surface area contributed by atoms with E-state index in [1.807, 2.05) is 12.3 Å². The van der Waals surface area contributed by atoms with Gasteiger partial charge < -0.3 is 0 Å². The lowest BCUT2D eigenvalue weighted by Crippen LogP contribution is -2.30. The third-order valence-corrected chi connectivity index (χ3v) is 4.90. The molecule has 1 saturated heterocycles. The number of rotatable bonds is 4. The predicted molar refractivity (Wildman–Crippen MR) is 95.3 cm³/mol. The Kier molecular flexibility index (Phi) is 4.08. The van der Waals surface area contributed by atoms with Gasteiger partial charge in [-0.2, -0.15) is 0 Å². The minimum Gasteiger partial charge on any atom is -0.296 e. The van der Waals surface area contributed by atoms with Gasteiger partial charge in [0.1, 0.15) is 0 Å². The molecule has 2 aromatic carbocycles. The van der Waals surface area contributed by atoms with E-state index < -0.39 is 0 Å². The van der Waals surface area contributed by atoms with Crippen molar-refractivity contribution in [3.8, 4) is 0 Å². The number of likely N-dealkylation sites (tertiary alicyclic amines) is 1. The summed E-state index contributed by atoms with van der Waals surface area (Å²) in [5.41, 5.74) is 3.95. The van der Waals surface area contributed by atoms with Crippen molar-refractivity contribution in [2.45, 2.75) is 31.8 Å². The number of hydrogen-bond donors (Lipinski definition) is 0. The zero-order valence-electron chi connectivity index (χ0n) is 13.4. The lowest BCUT2D eigenvalue weighted by molar-refractivity contribution is 0.244. The molecule has 23 heavy (non-hydrogen) atoms. The molecule has 3 aromatic rings. The quantitative estimate of drug-likeness (QED) is 0.708. The average Bonchev–Trinajstić information content (AvgIpc) is 3.03. The monoisotopic (exact) mass is 302 g/mol. The highest BCUT2D eigenvalue weighted by molar-refractivity contribution is 5.81. The van der Waals surface area contributed by atoms with Crippen LogP contribution in [-0.4, -0.2) is 22.5 Å². The zero-order chi connectivity index (χ0) is 15.5. The Balaban J connectivity index is 1.55. The van der Waals surface area contributed by atoms with Crippen LogP contribution in [-0.2, 0) is 13.0 Å². The Morgan fingerprint density at radius 2 is 1.83 bits per heavy atom. The first-order valence-corrected chi connectivity index (χ1v) is 8.51. The van der Waals surface area contributed by atoms with Gasteiger partial charge in [0.15, 0.2) is 0 Å². The highest BCUT2D eigenvalue weighted by atomic mass is 15.2. The lowest BCUT2D eigenvalue weighted by Gasteiger charge is -2.25. The van der Waals surface area contributed by atoms with Crippen LogP contribution in [0.5, 0.6) is 0 Å². The molecule has 0 N–H and O–H groups in total. The van der Waals surface area contributed by atoms with Gasteiger partial charge in [-0.3, -0.25) is 9.88 Å². The molecule has 0 radical (unpaired) electrons. The second-order valence-electron chi connectivity index (χ2n) is 6.45. The topological polar surface area (TPSA) is 16.1 Å². The molecule has 0 spiro atoms. The van der Waals surface area contributed by atoms with E-state index in [1.54, 1.807) is 0 Å². The summed E-state index contributed by atoms with van der Waals surface area (Å²) < 4.78 is 0. The van der Waals surface area contributed by atoms with Gasteiger partial charge in [-0.25, -0.2) is 0 Å². The molecule has 0 amide bonds. The van der Waals surface area contributed by atoms with E-state index in [9.17, 15) is 0 Å². The molecular weight excluding hydrogens is 280 g/mol. The zero-order valence-corrected chi connectivity index (χ0v) is 13.4. The Labute approximate surface area is 137 Å². The van der Waals surface area contributed by atoms with Crippen LogP contribution in [0.1, 0.15) is 24.0 Å². The van der Waals surface area contributed by atoms with Crippen LogP contribution in [0.4, 0.5) is 0 Å². The summed E-state index contributed by atoms with van der Waals surface area (Å²) >= 11 is 0. The first-order chi connectivity index (χ1) is 11.4. The van der Waals surface area contributed by atoms with Crippen molar-refractivity contribution in [1.82, 2.24) is 9.88 Å². The minimum atomic E-state index is 0.649. The Bertz CT molecular complexity index is 777. The third-order valence-electron chi connectivity index (χ3n) is 4.90. The van der Waals surface area contributed by atoms with Crippen LogP contribution >= 0.6 is 0 Å². The summed E-state index contributed by atoms with van der Waals surface area (Å²) in [5, 5.41) is 1.24. The molecule has 0 bridgehead atoms. The van der Waals surface area contributed by atoms with Gasteiger partial charge in [-0.15, -0.1) is 0 Å². The number of para-hydroxylation sites is 1. The van der Waals surface area contributed by atoms with Crippen LogP contribution in [0.2, 0.25) is 0 Å². The molecule has 1 unspecified atom stereocenters. The SMILES string of the molecule is c1ccc(CC2CCCN2Cc2cccc3cccnc23)cc1. The Morgan fingerprint density at radius 3 is 2.74 bits per heavy atom. The highest BCUT2D eigenvalue weighted by Crippen LogP contribution is 2.25. The maximum atomic E-state index is 4.61. The molecule has 1 aromatic heterocycles. The van der Waals surface area contributed by atoms with Crippen LogP contribution in [0.3, 0.4) is 0 Å². The molecule has 0 saturated carbocycles. The molecular formula is C21H22N2. The minimum absolute atomic E-state index is 0.649. The van der Waals surface area contributed by atoms with Gasteiger partial charge in [-0.1, -0.05) is 54.6 Å². The Morgan fingerprint density at radius 1 is 0.957 bits per heavy atom. The molecule has 4 rings (SSSR count). The number of pyridine rings is 1. The molecule has 1 aliphatic heterocycles. The van der Waals surface area contributed by atoms with Crippen molar-refractivity contribution in [1.29, 1.82) is 0 Å². The number of fused-ring (bicyclic) bond motifs is 1. The summed E-state index contributed by atoms with van der Waals surface area (Å²) in [6.45, 7) is 2.20. The maximum Gasteiger partial charge on any atom is 0.0746 e. The fraction of sp³-hybridized carbons (Fsp3) is 0.286. The molecule has 1 atom stereocenters. The molecule has 1 fully saturated rings. The van der Waals surface area contributed by atoms with E-state index in [0.29, 0.717) is 6.04 Å².